The zero-order chi connectivity index (χ0) is 13.8. The molecular formula is C16H26N2O. The Morgan fingerprint density at radius 3 is 2.74 bits per heavy atom. The third-order valence-electron chi connectivity index (χ3n) is 4.32. The molecule has 1 aliphatic rings. The summed E-state index contributed by atoms with van der Waals surface area (Å²) in [7, 11) is 1.67. The average molecular weight is 262 g/mol. The minimum Gasteiger partial charge on any atom is -0.495 e. The SMILES string of the molecule is COc1cccc(N2CCCC(C(C)C)CC2)c1N. The van der Waals surface area contributed by atoms with Gasteiger partial charge in [0.1, 0.15) is 5.75 Å². The molecule has 1 unspecified atom stereocenters. The van der Waals surface area contributed by atoms with Crippen molar-refractivity contribution in [2.45, 2.75) is 33.1 Å². The van der Waals surface area contributed by atoms with Gasteiger partial charge in [0, 0.05) is 13.1 Å². The van der Waals surface area contributed by atoms with Crippen molar-refractivity contribution in [1.82, 2.24) is 0 Å². The molecule has 1 atom stereocenters. The van der Waals surface area contributed by atoms with Gasteiger partial charge in [0.05, 0.1) is 18.5 Å². The molecule has 2 rings (SSSR count). The van der Waals surface area contributed by atoms with Gasteiger partial charge in [-0.05, 0) is 43.2 Å². The number of nitrogen functional groups attached to an aromatic ring is 1. The Morgan fingerprint density at radius 2 is 2.05 bits per heavy atom. The lowest BCUT2D eigenvalue weighted by Gasteiger charge is -2.25. The molecule has 0 spiro atoms. The van der Waals surface area contributed by atoms with Crippen molar-refractivity contribution >= 4 is 11.4 Å². The van der Waals surface area contributed by atoms with E-state index >= 15 is 0 Å². The van der Waals surface area contributed by atoms with Crippen LogP contribution in [0.3, 0.4) is 0 Å². The van der Waals surface area contributed by atoms with Gasteiger partial charge in [0.2, 0.25) is 0 Å². The lowest BCUT2D eigenvalue weighted by atomic mass is 9.89. The fourth-order valence-electron chi connectivity index (χ4n) is 3.02. The van der Waals surface area contributed by atoms with Crippen molar-refractivity contribution in [3.05, 3.63) is 18.2 Å². The molecule has 0 amide bonds. The van der Waals surface area contributed by atoms with Gasteiger partial charge in [-0.1, -0.05) is 19.9 Å². The highest BCUT2D eigenvalue weighted by atomic mass is 16.5. The van der Waals surface area contributed by atoms with Crippen LogP contribution in [-0.4, -0.2) is 20.2 Å². The van der Waals surface area contributed by atoms with E-state index in [9.17, 15) is 0 Å². The molecule has 3 nitrogen and oxygen atoms in total. The van der Waals surface area contributed by atoms with Crippen LogP contribution >= 0.6 is 0 Å². The highest BCUT2D eigenvalue weighted by Crippen LogP contribution is 2.34. The molecule has 106 valence electrons. The van der Waals surface area contributed by atoms with E-state index in [4.69, 9.17) is 10.5 Å². The molecule has 2 N–H and O–H groups in total. The molecule has 1 saturated heterocycles. The molecule has 1 fully saturated rings. The van der Waals surface area contributed by atoms with Gasteiger partial charge >= 0.3 is 0 Å². The number of nitrogens with two attached hydrogens (primary N) is 1. The van der Waals surface area contributed by atoms with Crippen LogP contribution in [0, 0.1) is 11.8 Å². The first kappa shape index (κ1) is 14.0. The minimum absolute atomic E-state index is 0.771. The number of rotatable bonds is 3. The maximum Gasteiger partial charge on any atom is 0.143 e. The number of ether oxygens (including phenoxy) is 1. The Hall–Kier alpha value is -1.38. The highest BCUT2D eigenvalue weighted by Gasteiger charge is 2.21. The van der Waals surface area contributed by atoms with Gasteiger partial charge in [0.25, 0.3) is 0 Å². The van der Waals surface area contributed by atoms with Crippen LogP contribution < -0.4 is 15.4 Å². The fourth-order valence-corrected chi connectivity index (χ4v) is 3.02. The summed E-state index contributed by atoms with van der Waals surface area (Å²) < 4.78 is 5.32. The van der Waals surface area contributed by atoms with Gasteiger partial charge < -0.3 is 15.4 Å². The van der Waals surface area contributed by atoms with Crippen LogP contribution in [0.5, 0.6) is 5.75 Å². The molecule has 1 heterocycles. The normalized spacial score (nSPS) is 20.4. The highest BCUT2D eigenvalue weighted by molar-refractivity contribution is 5.74. The lowest BCUT2D eigenvalue weighted by molar-refractivity contribution is 0.351. The quantitative estimate of drug-likeness (QED) is 0.847. The second-order valence-corrected chi connectivity index (χ2v) is 5.82. The molecule has 3 heteroatoms. The minimum atomic E-state index is 0.771. The Kier molecular flexibility index (Phi) is 4.56. The van der Waals surface area contributed by atoms with Crippen molar-refractivity contribution in [3.8, 4) is 5.75 Å². The molecule has 0 radical (unpaired) electrons. The van der Waals surface area contributed by atoms with Crippen molar-refractivity contribution in [1.29, 1.82) is 0 Å². The van der Waals surface area contributed by atoms with E-state index in [0.717, 1.165) is 42.0 Å². The molecule has 1 aromatic rings. The molecule has 1 aromatic carbocycles. The number of nitrogens with zero attached hydrogens (tertiary/aromatic N) is 1. The third kappa shape index (κ3) is 3.14. The third-order valence-corrected chi connectivity index (χ3v) is 4.32. The van der Waals surface area contributed by atoms with E-state index in [1.807, 2.05) is 12.1 Å². The Labute approximate surface area is 116 Å². The first-order valence-corrected chi connectivity index (χ1v) is 7.31. The van der Waals surface area contributed by atoms with E-state index in [2.05, 4.69) is 24.8 Å². The first-order chi connectivity index (χ1) is 9.13. The number of methoxy groups -OCH3 is 1. The molecular weight excluding hydrogens is 236 g/mol. The van der Waals surface area contributed by atoms with E-state index in [0.29, 0.717) is 0 Å². The monoisotopic (exact) mass is 262 g/mol. The molecule has 1 aliphatic heterocycles. The molecule has 0 aliphatic carbocycles. The van der Waals surface area contributed by atoms with Crippen LogP contribution in [-0.2, 0) is 0 Å². The number of hydrogen-bond donors (Lipinski definition) is 1. The standard InChI is InChI=1S/C16H26N2O/c1-12(2)13-6-5-10-18(11-9-13)14-7-4-8-15(19-3)16(14)17/h4,7-8,12-13H,5-6,9-11,17H2,1-3H3. The number of para-hydroxylation sites is 1. The molecule has 0 saturated carbocycles. The maximum absolute atomic E-state index is 6.20. The second-order valence-electron chi connectivity index (χ2n) is 5.82. The van der Waals surface area contributed by atoms with Crippen molar-refractivity contribution in [2.24, 2.45) is 11.8 Å². The number of anilines is 2. The predicted molar refractivity (Wildman–Crippen MR) is 81.8 cm³/mol. The second kappa shape index (κ2) is 6.18. The lowest BCUT2D eigenvalue weighted by Crippen LogP contribution is -2.25. The van der Waals surface area contributed by atoms with E-state index in [1.165, 1.54) is 19.3 Å². The topological polar surface area (TPSA) is 38.5 Å². The summed E-state index contributed by atoms with van der Waals surface area (Å²) in [6.45, 7) is 6.86. The average Bonchev–Trinajstić information content (AvgIpc) is 2.65. The molecule has 19 heavy (non-hydrogen) atoms. The fraction of sp³-hybridized carbons (Fsp3) is 0.625. The van der Waals surface area contributed by atoms with E-state index in [-0.39, 0.29) is 0 Å². The van der Waals surface area contributed by atoms with Gasteiger partial charge in [-0.25, -0.2) is 0 Å². The van der Waals surface area contributed by atoms with E-state index < -0.39 is 0 Å². The van der Waals surface area contributed by atoms with Gasteiger partial charge in [-0.2, -0.15) is 0 Å². The van der Waals surface area contributed by atoms with Crippen LogP contribution in [0.25, 0.3) is 0 Å². The van der Waals surface area contributed by atoms with Crippen LogP contribution in [0.4, 0.5) is 11.4 Å². The van der Waals surface area contributed by atoms with Gasteiger partial charge in [-0.3, -0.25) is 0 Å². The summed E-state index contributed by atoms with van der Waals surface area (Å²) in [5, 5.41) is 0. The summed E-state index contributed by atoms with van der Waals surface area (Å²) in [6, 6.07) is 6.05. The zero-order valence-corrected chi connectivity index (χ0v) is 12.4. The predicted octanol–water partition coefficient (Wildman–Crippen LogP) is 3.54. The Balaban J connectivity index is 2.14. The largest absolute Gasteiger partial charge is 0.495 e. The van der Waals surface area contributed by atoms with Crippen molar-refractivity contribution in [3.63, 3.8) is 0 Å². The Bertz CT molecular complexity index is 417. The van der Waals surface area contributed by atoms with Gasteiger partial charge in [0.15, 0.2) is 0 Å². The summed E-state index contributed by atoms with van der Waals surface area (Å²) in [5.74, 6) is 2.40. The van der Waals surface area contributed by atoms with Crippen LogP contribution in [0.15, 0.2) is 18.2 Å². The summed E-state index contributed by atoms with van der Waals surface area (Å²) in [4.78, 5) is 2.42. The molecule has 0 bridgehead atoms. The van der Waals surface area contributed by atoms with Crippen molar-refractivity contribution in [2.75, 3.05) is 30.8 Å². The molecule has 0 aromatic heterocycles. The summed E-state index contributed by atoms with van der Waals surface area (Å²) in [5.41, 5.74) is 8.10. The smallest absolute Gasteiger partial charge is 0.143 e. The number of benzene rings is 1. The van der Waals surface area contributed by atoms with Crippen LogP contribution in [0.1, 0.15) is 33.1 Å². The summed E-state index contributed by atoms with van der Waals surface area (Å²) >= 11 is 0. The Morgan fingerprint density at radius 1 is 1.26 bits per heavy atom. The maximum atomic E-state index is 6.20. The zero-order valence-electron chi connectivity index (χ0n) is 12.4. The summed E-state index contributed by atoms with van der Waals surface area (Å²) in [6.07, 6.45) is 3.84. The van der Waals surface area contributed by atoms with Crippen LogP contribution in [0.2, 0.25) is 0 Å². The van der Waals surface area contributed by atoms with Gasteiger partial charge in [-0.15, -0.1) is 0 Å². The van der Waals surface area contributed by atoms with Crippen molar-refractivity contribution < 1.29 is 4.74 Å². The first-order valence-electron chi connectivity index (χ1n) is 7.31. The number of hydrogen-bond acceptors (Lipinski definition) is 3. The van der Waals surface area contributed by atoms with E-state index in [1.54, 1.807) is 7.11 Å².